The fourth-order valence-corrected chi connectivity index (χ4v) is 4.23. The number of aromatic nitrogens is 1. The van der Waals surface area contributed by atoms with Crippen molar-refractivity contribution in [3.8, 4) is 5.88 Å². The van der Waals surface area contributed by atoms with E-state index < -0.39 is 5.60 Å². The Labute approximate surface area is 160 Å². The van der Waals surface area contributed by atoms with Gasteiger partial charge in [-0.25, -0.2) is 9.78 Å². The minimum absolute atomic E-state index is 0.0588. The van der Waals surface area contributed by atoms with Gasteiger partial charge in [-0.2, -0.15) is 0 Å². The standard InChI is InChI=1S/C20H29N3O4/c1-20(2,3)27-19(25)22-11-14-4-5-15(12-22)23(14)13-6-7-21-18(8-13)26-17-9-16(24)10-17/h6-8,14-17,24H,4-5,9-12H2,1-3H3/t14?,15?,16-,17+. The summed E-state index contributed by atoms with van der Waals surface area (Å²) in [6.45, 7) is 7.05. The third-order valence-electron chi connectivity index (χ3n) is 5.51. The number of aliphatic hydroxyl groups excluding tert-OH is 1. The minimum Gasteiger partial charge on any atom is -0.474 e. The van der Waals surface area contributed by atoms with Crippen molar-refractivity contribution in [3.05, 3.63) is 18.3 Å². The molecule has 1 amide bonds. The third-order valence-corrected chi connectivity index (χ3v) is 5.51. The Morgan fingerprint density at radius 2 is 1.89 bits per heavy atom. The zero-order valence-electron chi connectivity index (χ0n) is 16.3. The highest BCUT2D eigenvalue weighted by molar-refractivity contribution is 5.69. The van der Waals surface area contributed by atoms with Crippen molar-refractivity contribution < 1.29 is 19.4 Å². The molecular weight excluding hydrogens is 346 g/mol. The van der Waals surface area contributed by atoms with Gasteiger partial charge in [-0.3, -0.25) is 0 Å². The van der Waals surface area contributed by atoms with Gasteiger partial charge in [0, 0.05) is 56.0 Å². The zero-order chi connectivity index (χ0) is 19.2. The van der Waals surface area contributed by atoms with E-state index in [1.165, 1.54) is 0 Å². The van der Waals surface area contributed by atoms with Gasteiger partial charge < -0.3 is 24.4 Å². The fraction of sp³-hybridized carbons (Fsp3) is 0.700. The summed E-state index contributed by atoms with van der Waals surface area (Å²) >= 11 is 0. The average molecular weight is 375 g/mol. The van der Waals surface area contributed by atoms with Gasteiger partial charge in [0.25, 0.3) is 0 Å². The summed E-state index contributed by atoms with van der Waals surface area (Å²) in [6, 6.07) is 4.57. The Morgan fingerprint density at radius 3 is 2.48 bits per heavy atom. The van der Waals surface area contributed by atoms with Crippen molar-refractivity contribution in [2.45, 2.75) is 76.3 Å². The zero-order valence-corrected chi connectivity index (χ0v) is 16.3. The van der Waals surface area contributed by atoms with Crippen LogP contribution in [0, 0.1) is 0 Å². The van der Waals surface area contributed by atoms with Crippen molar-refractivity contribution in [3.63, 3.8) is 0 Å². The first-order valence-electron chi connectivity index (χ1n) is 9.85. The van der Waals surface area contributed by atoms with Crippen LogP contribution in [-0.4, -0.2) is 64.1 Å². The van der Waals surface area contributed by atoms with Crippen LogP contribution in [0.25, 0.3) is 0 Å². The number of amides is 1. The number of pyridine rings is 1. The maximum atomic E-state index is 12.5. The van der Waals surface area contributed by atoms with Crippen LogP contribution in [0.15, 0.2) is 18.3 Å². The van der Waals surface area contributed by atoms with Crippen LogP contribution < -0.4 is 9.64 Å². The summed E-state index contributed by atoms with van der Waals surface area (Å²) in [6.07, 6.45) is 4.85. The van der Waals surface area contributed by atoms with Crippen LogP contribution in [0.5, 0.6) is 5.88 Å². The molecule has 2 aliphatic heterocycles. The van der Waals surface area contributed by atoms with E-state index in [1.807, 2.05) is 37.8 Å². The summed E-state index contributed by atoms with van der Waals surface area (Å²) in [7, 11) is 0. The molecule has 0 aromatic carbocycles. The monoisotopic (exact) mass is 375 g/mol. The van der Waals surface area contributed by atoms with Crippen molar-refractivity contribution in [1.29, 1.82) is 0 Å². The van der Waals surface area contributed by atoms with E-state index >= 15 is 0 Å². The molecule has 3 fully saturated rings. The number of hydrogen-bond donors (Lipinski definition) is 1. The first-order valence-corrected chi connectivity index (χ1v) is 9.85. The predicted molar refractivity (Wildman–Crippen MR) is 101 cm³/mol. The van der Waals surface area contributed by atoms with Crippen molar-refractivity contribution in [1.82, 2.24) is 9.88 Å². The van der Waals surface area contributed by atoms with Gasteiger partial charge in [0.15, 0.2) is 0 Å². The largest absolute Gasteiger partial charge is 0.474 e. The average Bonchev–Trinajstić information content (AvgIpc) is 2.82. The summed E-state index contributed by atoms with van der Waals surface area (Å²) < 4.78 is 11.4. The SMILES string of the molecule is CC(C)(C)OC(=O)N1CC2CCC(C1)N2c1ccnc(O[C@H]2C[C@@H](O)C2)c1. The molecule has 1 saturated carbocycles. The molecule has 4 rings (SSSR count). The topological polar surface area (TPSA) is 75.1 Å². The lowest BCUT2D eigenvalue weighted by molar-refractivity contribution is -0.0128. The van der Waals surface area contributed by atoms with E-state index in [0.717, 1.165) is 18.5 Å². The highest BCUT2D eigenvalue weighted by atomic mass is 16.6. The second-order valence-electron chi connectivity index (χ2n) is 8.89. The lowest BCUT2D eigenvalue weighted by Gasteiger charge is -2.42. The van der Waals surface area contributed by atoms with Gasteiger partial charge in [0.1, 0.15) is 11.7 Å². The highest BCUT2D eigenvalue weighted by Crippen LogP contribution is 2.36. The van der Waals surface area contributed by atoms with E-state index in [4.69, 9.17) is 9.47 Å². The van der Waals surface area contributed by atoms with Gasteiger partial charge in [0.05, 0.1) is 6.10 Å². The molecule has 0 radical (unpaired) electrons. The number of nitrogens with zero attached hydrogens (tertiary/aromatic N) is 3. The molecule has 3 aliphatic rings. The molecule has 148 valence electrons. The Bertz CT molecular complexity index is 685. The predicted octanol–water partition coefficient (Wildman–Crippen LogP) is 2.57. The number of fused-ring (bicyclic) bond motifs is 2. The van der Waals surface area contributed by atoms with Crippen LogP contribution in [-0.2, 0) is 4.74 Å². The maximum absolute atomic E-state index is 12.5. The molecule has 0 spiro atoms. The number of aliphatic hydroxyl groups is 1. The lowest BCUT2D eigenvalue weighted by atomic mass is 9.92. The van der Waals surface area contributed by atoms with E-state index in [9.17, 15) is 9.90 Å². The molecule has 2 unspecified atom stereocenters. The number of carbonyl (C=O) groups is 1. The number of ether oxygens (including phenoxy) is 2. The maximum Gasteiger partial charge on any atom is 0.410 e. The molecule has 7 heteroatoms. The molecule has 27 heavy (non-hydrogen) atoms. The van der Waals surface area contributed by atoms with Crippen LogP contribution in [0.3, 0.4) is 0 Å². The van der Waals surface area contributed by atoms with Crippen molar-refractivity contribution >= 4 is 11.8 Å². The molecule has 1 aromatic rings. The molecule has 1 aliphatic carbocycles. The summed E-state index contributed by atoms with van der Waals surface area (Å²) in [5, 5.41) is 9.42. The van der Waals surface area contributed by atoms with Gasteiger partial charge >= 0.3 is 6.09 Å². The van der Waals surface area contributed by atoms with Crippen LogP contribution >= 0.6 is 0 Å². The number of likely N-dealkylation sites (tertiary alicyclic amines) is 1. The van der Waals surface area contributed by atoms with Crippen LogP contribution in [0.1, 0.15) is 46.5 Å². The van der Waals surface area contributed by atoms with Crippen molar-refractivity contribution in [2.24, 2.45) is 0 Å². The molecule has 3 heterocycles. The van der Waals surface area contributed by atoms with Gasteiger partial charge in [-0.15, -0.1) is 0 Å². The van der Waals surface area contributed by atoms with Crippen LogP contribution in [0.2, 0.25) is 0 Å². The number of rotatable bonds is 3. The molecule has 2 atom stereocenters. The van der Waals surface area contributed by atoms with Crippen molar-refractivity contribution in [2.75, 3.05) is 18.0 Å². The second kappa shape index (κ2) is 6.86. The molecule has 1 N–H and O–H groups in total. The number of carbonyl (C=O) groups excluding carboxylic acids is 1. The summed E-state index contributed by atoms with van der Waals surface area (Å²) in [5.74, 6) is 0.610. The molecule has 2 bridgehead atoms. The minimum atomic E-state index is -0.473. The quantitative estimate of drug-likeness (QED) is 0.875. The third kappa shape index (κ3) is 3.98. The Hall–Kier alpha value is -2.02. The van der Waals surface area contributed by atoms with Gasteiger partial charge in [-0.1, -0.05) is 0 Å². The summed E-state index contributed by atoms with van der Waals surface area (Å²) in [5.41, 5.74) is 0.621. The van der Waals surface area contributed by atoms with E-state index in [1.54, 1.807) is 6.20 Å². The van der Waals surface area contributed by atoms with E-state index in [-0.39, 0.29) is 30.4 Å². The Kier molecular flexibility index (Phi) is 4.66. The number of anilines is 1. The normalized spacial score (nSPS) is 30.1. The first kappa shape index (κ1) is 18.3. The molecular formula is C20H29N3O4. The number of piperazine rings is 1. The first-order chi connectivity index (χ1) is 12.8. The van der Waals surface area contributed by atoms with Gasteiger partial charge in [-0.05, 0) is 39.7 Å². The fourth-order valence-electron chi connectivity index (χ4n) is 4.23. The van der Waals surface area contributed by atoms with Crippen LogP contribution in [0.4, 0.5) is 10.5 Å². The van der Waals surface area contributed by atoms with E-state index in [0.29, 0.717) is 31.8 Å². The lowest BCUT2D eigenvalue weighted by Crippen LogP contribution is -2.56. The Morgan fingerprint density at radius 1 is 1.22 bits per heavy atom. The Balaban J connectivity index is 1.43. The second-order valence-corrected chi connectivity index (χ2v) is 8.89. The number of hydrogen-bond acceptors (Lipinski definition) is 6. The van der Waals surface area contributed by atoms with E-state index in [2.05, 4.69) is 9.88 Å². The van der Waals surface area contributed by atoms with Gasteiger partial charge in [0.2, 0.25) is 5.88 Å². The smallest absolute Gasteiger partial charge is 0.410 e. The highest BCUT2D eigenvalue weighted by Gasteiger charge is 2.42. The molecule has 1 aromatic heterocycles. The molecule has 7 nitrogen and oxygen atoms in total. The summed E-state index contributed by atoms with van der Waals surface area (Å²) in [4.78, 5) is 21.0. The molecule has 2 saturated heterocycles.